The van der Waals surface area contributed by atoms with Crippen LogP contribution in [0, 0.1) is 5.41 Å². The SMILES string of the molecule is COC(=O)CCCN1CC2(CCC(c3ccccn3)(N(C)C)CC2)CC1=O. The number of likely N-dealkylation sites (tertiary alicyclic amines) is 1. The summed E-state index contributed by atoms with van der Waals surface area (Å²) in [5.74, 6) is 0.0233. The summed E-state index contributed by atoms with van der Waals surface area (Å²) < 4.78 is 4.69. The quantitative estimate of drug-likeness (QED) is 0.717. The van der Waals surface area contributed by atoms with E-state index in [9.17, 15) is 9.59 Å². The van der Waals surface area contributed by atoms with Gasteiger partial charge >= 0.3 is 5.97 Å². The van der Waals surface area contributed by atoms with Crippen molar-refractivity contribution in [1.29, 1.82) is 0 Å². The molecule has 1 aliphatic carbocycles. The molecule has 1 aromatic heterocycles. The number of amides is 1. The fourth-order valence-electron chi connectivity index (χ4n) is 4.80. The smallest absolute Gasteiger partial charge is 0.305 e. The van der Waals surface area contributed by atoms with E-state index in [0.29, 0.717) is 25.8 Å². The second-order valence-corrected chi connectivity index (χ2v) is 8.31. The first-order valence-electron chi connectivity index (χ1n) is 9.84. The average Bonchev–Trinajstić information content (AvgIpc) is 2.98. The van der Waals surface area contributed by atoms with Gasteiger partial charge in [-0.3, -0.25) is 19.5 Å². The molecule has 1 saturated heterocycles. The van der Waals surface area contributed by atoms with Crippen molar-refractivity contribution in [2.75, 3.05) is 34.3 Å². The number of nitrogens with zero attached hydrogens (tertiary/aromatic N) is 3. The summed E-state index contributed by atoms with van der Waals surface area (Å²) in [6.07, 6.45) is 7.63. The van der Waals surface area contributed by atoms with E-state index in [1.165, 1.54) is 7.11 Å². The summed E-state index contributed by atoms with van der Waals surface area (Å²) >= 11 is 0. The maximum Gasteiger partial charge on any atom is 0.305 e. The molecular formula is C21H31N3O3. The summed E-state index contributed by atoms with van der Waals surface area (Å²) in [5, 5.41) is 0. The van der Waals surface area contributed by atoms with E-state index in [1.807, 2.05) is 17.2 Å². The third-order valence-corrected chi connectivity index (χ3v) is 6.58. The third kappa shape index (κ3) is 4.00. The Bertz CT molecular complexity index is 667. The van der Waals surface area contributed by atoms with Gasteiger partial charge in [-0.25, -0.2) is 0 Å². The van der Waals surface area contributed by atoms with Gasteiger partial charge in [0.15, 0.2) is 0 Å². The lowest BCUT2D eigenvalue weighted by molar-refractivity contribution is -0.141. The summed E-state index contributed by atoms with van der Waals surface area (Å²) in [6.45, 7) is 1.47. The van der Waals surface area contributed by atoms with Crippen LogP contribution in [0.4, 0.5) is 0 Å². The highest BCUT2D eigenvalue weighted by Gasteiger charge is 2.50. The van der Waals surface area contributed by atoms with Crippen molar-refractivity contribution < 1.29 is 14.3 Å². The Balaban J connectivity index is 1.64. The number of carbonyl (C=O) groups excluding carboxylic acids is 2. The number of carbonyl (C=O) groups is 2. The summed E-state index contributed by atoms with van der Waals surface area (Å²) in [7, 11) is 5.66. The van der Waals surface area contributed by atoms with Crippen LogP contribution in [0.3, 0.4) is 0 Å². The zero-order chi connectivity index (χ0) is 19.5. The Morgan fingerprint density at radius 1 is 1.26 bits per heavy atom. The Labute approximate surface area is 161 Å². The van der Waals surface area contributed by atoms with Crippen molar-refractivity contribution in [2.45, 2.75) is 50.5 Å². The van der Waals surface area contributed by atoms with Crippen molar-refractivity contribution in [3.63, 3.8) is 0 Å². The predicted octanol–water partition coefficient (Wildman–Crippen LogP) is 2.58. The van der Waals surface area contributed by atoms with Crippen LogP contribution in [0.15, 0.2) is 24.4 Å². The Hall–Kier alpha value is -1.95. The molecule has 1 aromatic rings. The molecule has 2 aliphatic rings. The van der Waals surface area contributed by atoms with Crippen LogP contribution in [-0.4, -0.2) is 61.0 Å². The fourth-order valence-corrected chi connectivity index (χ4v) is 4.80. The molecule has 0 aromatic carbocycles. The van der Waals surface area contributed by atoms with Gasteiger partial charge in [0.05, 0.1) is 18.3 Å². The zero-order valence-electron chi connectivity index (χ0n) is 16.7. The molecule has 0 radical (unpaired) electrons. The van der Waals surface area contributed by atoms with Crippen LogP contribution < -0.4 is 0 Å². The van der Waals surface area contributed by atoms with E-state index in [4.69, 9.17) is 0 Å². The molecule has 0 atom stereocenters. The standard InChI is InChI=1S/C21H31N3O3/c1-23(2)21(17-7-4-5-13-22-17)11-9-20(10-12-21)15-18(25)24(16-20)14-6-8-19(26)27-3/h4-5,7,13H,6,8-12,14-16H2,1-3H3. The molecule has 1 saturated carbocycles. The van der Waals surface area contributed by atoms with Gasteiger partial charge in [-0.05, 0) is 63.7 Å². The van der Waals surface area contributed by atoms with Gasteiger partial charge in [0.2, 0.25) is 5.91 Å². The first kappa shape index (κ1) is 19.8. The molecule has 27 heavy (non-hydrogen) atoms. The summed E-state index contributed by atoms with van der Waals surface area (Å²) in [5.41, 5.74) is 1.16. The predicted molar refractivity (Wildman–Crippen MR) is 103 cm³/mol. The van der Waals surface area contributed by atoms with Gasteiger partial charge in [0.25, 0.3) is 0 Å². The monoisotopic (exact) mass is 373 g/mol. The van der Waals surface area contributed by atoms with Crippen molar-refractivity contribution >= 4 is 11.9 Å². The zero-order valence-corrected chi connectivity index (χ0v) is 16.7. The molecule has 1 spiro atoms. The number of rotatable bonds is 6. The van der Waals surface area contributed by atoms with Crippen molar-refractivity contribution in [3.05, 3.63) is 30.1 Å². The van der Waals surface area contributed by atoms with Gasteiger partial charge < -0.3 is 9.64 Å². The van der Waals surface area contributed by atoms with Crippen LogP contribution in [0.5, 0.6) is 0 Å². The van der Waals surface area contributed by atoms with E-state index < -0.39 is 0 Å². The number of esters is 1. The van der Waals surface area contributed by atoms with Gasteiger partial charge in [-0.1, -0.05) is 6.07 Å². The number of aromatic nitrogens is 1. The maximum atomic E-state index is 12.5. The molecule has 2 heterocycles. The minimum absolute atomic E-state index is 0.0478. The van der Waals surface area contributed by atoms with E-state index in [0.717, 1.165) is 37.9 Å². The van der Waals surface area contributed by atoms with E-state index in [1.54, 1.807) is 0 Å². The average molecular weight is 373 g/mol. The Morgan fingerprint density at radius 3 is 2.59 bits per heavy atom. The molecule has 0 N–H and O–H groups in total. The maximum absolute atomic E-state index is 12.5. The van der Waals surface area contributed by atoms with Gasteiger partial charge in [0.1, 0.15) is 0 Å². The Morgan fingerprint density at radius 2 is 2.00 bits per heavy atom. The lowest BCUT2D eigenvalue weighted by atomic mass is 9.65. The summed E-state index contributed by atoms with van der Waals surface area (Å²) in [6, 6.07) is 6.13. The molecule has 2 fully saturated rings. The van der Waals surface area contributed by atoms with E-state index in [2.05, 4.69) is 40.8 Å². The second-order valence-electron chi connectivity index (χ2n) is 8.31. The van der Waals surface area contributed by atoms with E-state index in [-0.39, 0.29) is 22.8 Å². The number of methoxy groups -OCH3 is 1. The minimum Gasteiger partial charge on any atom is -0.469 e. The third-order valence-electron chi connectivity index (χ3n) is 6.58. The molecule has 1 aliphatic heterocycles. The first-order chi connectivity index (χ1) is 12.9. The van der Waals surface area contributed by atoms with E-state index >= 15 is 0 Å². The number of pyridine rings is 1. The van der Waals surface area contributed by atoms with Gasteiger partial charge in [-0.15, -0.1) is 0 Å². The van der Waals surface area contributed by atoms with Gasteiger partial charge in [-0.2, -0.15) is 0 Å². The van der Waals surface area contributed by atoms with Crippen LogP contribution in [-0.2, 0) is 19.9 Å². The molecule has 0 unspecified atom stereocenters. The topological polar surface area (TPSA) is 62.7 Å². The molecular weight excluding hydrogens is 342 g/mol. The van der Waals surface area contributed by atoms with Crippen molar-refractivity contribution in [1.82, 2.24) is 14.8 Å². The van der Waals surface area contributed by atoms with Gasteiger partial charge in [0, 0.05) is 32.1 Å². The molecule has 6 nitrogen and oxygen atoms in total. The largest absolute Gasteiger partial charge is 0.469 e. The molecule has 148 valence electrons. The van der Waals surface area contributed by atoms with Crippen molar-refractivity contribution in [3.8, 4) is 0 Å². The molecule has 6 heteroatoms. The van der Waals surface area contributed by atoms with Crippen LogP contribution in [0.2, 0.25) is 0 Å². The molecule has 3 rings (SSSR count). The first-order valence-corrected chi connectivity index (χ1v) is 9.84. The normalized spacial score (nSPS) is 28.1. The lowest BCUT2D eigenvalue weighted by Crippen LogP contribution is -2.48. The molecule has 0 bridgehead atoms. The fraction of sp³-hybridized carbons (Fsp3) is 0.667. The number of hydrogen-bond donors (Lipinski definition) is 0. The number of ether oxygens (including phenoxy) is 1. The minimum atomic E-state index is -0.208. The highest BCUT2D eigenvalue weighted by Crippen LogP contribution is 2.51. The lowest BCUT2D eigenvalue weighted by Gasteiger charge is -2.48. The molecule has 1 amide bonds. The van der Waals surface area contributed by atoms with Crippen LogP contribution in [0.25, 0.3) is 0 Å². The summed E-state index contributed by atoms with van der Waals surface area (Å²) in [4.78, 5) is 32.7. The van der Waals surface area contributed by atoms with Crippen LogP contribution in [0.1, 0.15) is 50.6 Å². The highest BCUT2D eigenvalue weighted by atomic mass is 16.5. The Kier molecular flexibility index (Phi) is 5.84. The van der Waals surface area contributed by atoms with Crippen LogP contribution >= 0.6 is 0 Å². The second kappa shape index (κ2) is 7.97. The van der Waals surface area contributed by atoms with Crippen molar-refractivity contribution in [2.24, 2.45) is 5.41 Å². The highest BCUT2D eigenvalue weighted by molar-refractivity contribution is 5.79. The number of hydrogen-bond acceptors (Lipinski definition) is 5.